The first-order valence-electron chi connectivity index (χ1n) is 10.8. The molecule has 1 fully saturated rings. The SMILES string of the molecule is CN1CCN(c2ccc(N=Cc3c(O)[nH]c(=O)c4ccc(/C=C/CCO)cc34)cc2)CC1. The molecule has 0 aliphatic carbocycles. The Morgan fingerprint density at radius 1 is 1.06 bits per heavy atom. The van der Waals surface area contributed by atoms with Gasteiger partial charge in [-0.05, 0) is 55.4 Å². The Bertz CT molecular complexity index is 1190. The number of hydrogen-bond acceptors (Lipinski definition) is 6. The monoisotopic (exact) mass is 432 g/mol. The van der Waals surface area contributed by atoms with Gasteiger partial charge in [0.05, 0.1) is 11.3 Å². The van der Waals surface area contributed by atoms with Crippen LogP contribution in [0.25, 0.3) is 16.8 Å². The minimum absolute atomic E-state index is 0.0794. The van der Waals surface area contributed by atoms with Gasteiger partial charge in [-0.25, -0.2) is 0 Å². The van der Waals surface area contributed by atoms with Crippen LogP contribution in [0.15, 0.2) is 58.3 Å². The zero-order chi connectivity index (χ0) is 22.5. The molecule has 7 heteroatoms. The normalized spacial score (nSPS) is 15.4. The summed E-state index contributed by atoms with van der Waals surface area (Å²) in [5.74, 6) is -0.211. The van der Waals surface area contributed by atoms with E-state index in [1.807, 2.05) is 36.4 Å². The van der Waals surface area contributed by atoms with Crippen LogP contribution in [0.4, 0.5) is 11.4 Å². The van der Waals surface area contributed by atoms with E-state index >= 15 is 0 Å². The molecule has 4 rings (SSSR count). The van der Waals surface area contributed by atoms with Crippen molar-refractivity contribution in [2.45, 2.75) is 6.42 Å². The summed E-state index contributed by atoms with van der Waals surface area (Å²) in [4.78, 5) is 24.0. The van der Waals surface area contributed by atoms with E-state index in [0.717, 1.165) is 37.4 Å². The largest absolute Gasteiger partial charge is 0.494 e. The minimum atomic E-state index is -0.350. The third-order valence-electron chi connectivity index (χ3n) is 5.73. The van der Waals surface area contributed by atoms with E-state index in [9.17, 15) is 9.90 Å². The Morgan fingerprint density at radius 2 is 1.81 bits per heavy atom. The van der Waals surface area contributed by atoms with Gasteiger partial charge >= 0.3 is 0 Å². The molecule has 3 N–H and O–H groups in total. The molecule has 166 valence electrons. The molecule has 0 saturated carbocycles. The molecule has 0 radical (unpaired) electrons. The number of anilines is 1. The Hall–Kier alpha value is -3.42. The van der Waals surface area contributed by atoms with Crippen LogP contribution in [-0.2, 0) is 0 Å². The Kier molecular flexibility index (Phi) is 6.68. The van der Waals surface area contributed by atoms with Gasteiger partial charge in [0.25, 0.3) is 5.56 Å². The molecule has 0 atom stereocenters. The molecular formula is C25H28N4O3. The number of benzene rings is 2. The fraction of sp³-hybridized carbons (Fsp3) is 0.280. The molecule has 7 nitrogen and oxygen atoms in total. The van der Waals surface area contributed by atoms with Gasteiger partial charge < -0.3 is 20.0 Å². The van der Waals surface area contributed by atoms with E-state index in [-0.39, 0.29) is 18.0 Å². The molecule has 1 aliphatic rings. The maximum Gasteiger partial charge on any atom is 0.258 e. The van der Waals surface area contributed by atoms with Crippen molar-refractivity contribution < 1.29 is 10.2 Å². The fourth-order valence-corrected chi connectivity index (χ4v) is 3.83. The maximum absolute atomic E-state index is 12.3. The van der Waals surface area contributed by atoms with Crippen molar-refractivity contribution >= 4 is 34.4 Å². The molecule has 1 aliphatic heterocycles. The van der Waals surface area contributed by atoms with Crippen LogP contribution in [-0.4, -0.2) is 66.1 Å². The molecule has 0 amide bonds. The fourth-order valence-electron chi connectivity index (χ4n) is 3.83. The number of aromatic nitrogens is 1. The van der Waals surface area contributed by atoms with Gasteiger partial charge in [0, 0.05) is 55.5 Å². The van der Waals surface area contributed by atoms with Crippen molar-refractivity contribution in [1.29, 1.82) is 0 Å². The Labute approximate surface area is 187 Å². The summed E-state index contributed by atoms with van der Waals surface area (Å²) in [6.07, 6.45) is 5.88. The second kappa shape index (κ2) is 9.80. The van der Waals surface area contributed by atoms with E-state index in [1.54, 1.807) is 12.3 Å². The number of aromatic amines is 1. The van der Waals surface area contributed by atoms with Crippen LogP contribution in [0.5, 0.6) is 5.88 Å². The second-order valence-corrected chi connectivity index (χ2v) is 8.00. The molecule has 0 spiro atoms. The number of aliphatic hydroxyl groups is 1. The third kappa shape index (κ3) is 4.90. The second-order valence-electron chi connectivity index (χ2n) is 8.00. The van der Waals surface area contributed by atoms with Gasteiger partial charge in [0.15, 0.2) is 0 Å². The van der Waals surface area contributed by atoms with Crippen molar-refractivity contribution in [3.8, 4) is 5.88 Å². The maximum atomic E-state index is 12.3. The number of fused-ring (bicyclic) bond motifs is 1. The summed E-state index contributed by atoms with van der Waals surface area (Å²) in [5, 5.41) is 20.5. The molecule has 2 aromatic carbocycles. The number of piperazine rings is 1. The Balaban J connectivity index is 1.61. The van der Waals surface area contributed by atoms with Crippen molar-refractivity contribution in [1.82, 2.24) is 9.88 Å². The number of pyridine rings is 1. The average Bonchev–Trinajstić information content (AvgIpc) is 2.80. The lowest BCUT2D eigenvalue weighted by molar-refractivity contribution is 0.303. The zero-order valence-electron chi connectivity index (χ0n) is 18.2. The molecule has 0 bridgehead atoms. The number of hydrogen-bond donors (Lipinski definition) is 3. The summed E-state index contributed by atoms with van der Waals surface area (Å²) >= 11 is 0. The number of aliphatic hydroxyl groups excluding tert-OH is 1. The summed E-state index contributed by atoms with van der Waals surface area (Å²) in [7, 11) is 2.14. The molecule has 2 heterocycles. The van der Waals surface area contributed by atoms with Gasteiger partial charge in [-0.1, -0.05) is 18.2 Å². The average molecular weight is 433 g/mol. The van der Waals surface area contributed by atoms with E-state index in [4.69, 9.17) is 5.11 Å². The topological polar surface area (TPSA) is 92.2 Å². The number of H-pyrrole nitrogens is 1. The van der Waals surface area contributed by atoms with E-state index in [0.29, 0.717) is 22.8 Å². The minimum Gasteiger partial charge on any atom is -0.494 e. The van der Waals surface area contributed by atoms with E-state index in [1.165, 1.54) is 5.69 Å². The summed E-state index contributed by atoms with van der Waals surface area (Å²) < 4.78 is 0. The number of aromatic hydroxyl groups is 1. The van der Waals surface area contributed by atoms with Crippen LogP contribution in [0.1, 0.15) is 17.5 Å². The highest BCUT2D eigenvalue weighted by atomic mass is 16.3. The first-order chi connectivity index (χ1) is 15.5. The first kappa shape index (κ1) is 21.8. The number of aliphatic imine (C=N–C) groups is 1. The lowest BCUT2D eigenvalue weighted by Crippen LogP contribution is -2.44. The number of nitrogens with zero attached hydrogens (tertiary/aromatic N) is 3. The van der Waals surface area contributed by atoms with Crippen molar-refractivity contribution in [2.75, 3.05) is 44.7 Å². The van der Waals surface area contributed by atoms with Gasteiger partial charge in [-0.2, -0.15) is 0 Å². The van der Waals surface area contributed by atoms with Crippen LogP contribution in [0.3, 0.4) is 0 Å². The Morgan fingerprint density at radius 3 is 2.53 bits per heavy atom. The smallest absolute Gasteiger partial charge is 0.258 e. The first-order valence-corrected chi connectivity index (χ1v) is 10.8. The molecule has 32 heavy (non-hydrogen) atoms. The highest BCUT2D eigenvalue weighted by Crippen LogP contribution is 2.25. The van der Waals surface area contributed by atoms with Crippen LogP contribution in [0.2, 0.25) is 0 Å². The highest BCUT2D eigenvalue weighted by Gasteiger charge is 2.14. The van der Waals surface area contributed by atoms with Crippen molar-refractivity contribution in [3.05, 3.63) is 70.0 Å². The predicted molar refractivity (Wildman–Crippen MR) is 130 cm³/mol. The molecule has 1 saturated heterocycles. The number of rotatable bonds is 6. The van der Waals surface area contributed by atoms with E-state index < -0.39 is 0 Å². The lowest BCUT2D eigenvalue weighted by atomic mass is 10.0. The summed E-state index contributed by atoms with van der Waals surface area (Å²) in [6, 6.07) is 13.4. The van der Waals surface area contributed by atoms with Crippen LogP contribution < -0.4 is 10.5 Å². The standard InChI is InChI=1S/C25H28N4O3/c1-28-11-13-29(14-12-28)20-8-6-19(7-9-20)26-17-23-22-16-18(4-2-3-15-30)5-10-21(22)24(31)27-25(23)32/h2,4-10,16-17,30H,3,11-15H2,1H3,(H2,27,31,32)/b4-2+,26-17?. The van der Waals surface area contributed by atoms with Gasteiger partial charge in [0.2, 0.25) is 5.88 Å². The third-order valence-corrected chi connectivity index (χ3v) is 5.73. The van der Waals surface area contributed by atoms with Gasteiger partial charge in [0.1, 0.15) is 0 Å². The van der Waals surface area contributed by atoms with Gasteiger partial charge in [-0.15, -0.1) is 0 Å². The highest BCUT2D eigenvalue weighted by molar-refractivity contribution is 6.02. The van der Waals surface area contributed by atoms with Crippen molar-refractivity contribution in [3.63, 3.8) is 0 Å². The van der Waals surface area contributed by atoms with Crippen molar-refractivity contribution in [2.24, 2.45) is 4.99 Å². The van der Waals surface area contributed by atoms with Crippen LogP contribution in [0, 0.1) is 0 Å². The number of likely N-dealkylation sites (N-methyl/N-ethyl adjacent to an activating group) is 1. The summed E-state index contributed by atoms with van der Waals surface area (Å²) in [6.45, 7) is 4.19. The van der Waals surface area contributed by atoms with E-state index in [2.05, 4.69) is 39.0 Å². The quantitative estimate of drug-likeness (QED) is 0.521. The summed E-state index contributed by atoms with van der Waals surface area (Å²) in [5.41, 5.74) is 2.92. The zero-order valence-corrected chi connectivity index (χ0v) is 18.2. The molecule has 1 aromatic heterocycles. The lowest BCUT2D eigenvalue weighted by Gasteiger charge is -2.34. The number of nitrogens with one attached hydrogen (secondary N) is 1. The predicted octanol–water partition coefficient (Wildman–Crippen LogP) is 3.13. The molecule has 3 aromatic rings. The van der Waals surface area contributed by atoms with Crippen LogP contribution >= 0.6 is 0 Å². The van der Waals surface area contributed by atoms with Gasteiger partial charge in [-0.3, -0.25) is 14.8 Å². The molecular weight excluding hydrogens is 404 g/mol. The molecule has 0 unspecified atom stereocenters.